The smallest absolute Gasteiger partial charge is 0.250 e. The molecular formula is C22H29N3O2. The topological polar surface area (TPSA) is 54.3 Å². The molecule has 0 spiro atoms. The van der Waals surface area contributed by atoms with Crippen molar-refractivity contribution in [1.29, 1.82) is 0 Å². The van der Waals surface area contributed by atoms with Gasteiger partial charge in [-0.15, -0.1) is 0 Å². The average Bonchev–Trinajstić information content (AvgIpc) is 3.10. The molecule has 144 valence electrons. The van der Waals surface area contributed by atoms with Crippen LogP contribution in [0.15, 0.2) is 47.3 Å². The fourth-order valence-electron chi connectivity index (χ4n) is 3.90. The minimum Gasteiger partial charge on any atom is -0.355 e. The van der Waals surface area contributed by atoms with E-state index in [0.717, 1.165) is 25.3 Å². The Morgan fingerprint density at radius 1 is 1.11 bits per heavy atom. The zero-order valence-corrected chi connectivity index (χ0v) is 16.3. The van der Waals surface area contributed by atoms with Crippen molar-refractivity contribution in [3.05, 3.63) is 69.6 Å². The van der Waals surface area contributed by atoms with E-state index in [0.29, 0.717) is 25.4 Å². The highest BCUT2D eigenvalue weighted by Crippen LogP contribution is 2.28. The number of aryl methyl sites for hydroxylation is 2. The van der Waals surface area contributed by atoms with E-state index in [1.54, 1.807) is 10.6 Å². The molecule has 1 saturated heterocycles. The number of carbonyl (C=O) groups is 1. The van der Waals surface area contributed by atoms with Gasteiger partial charge in [-0.3, -0.25) is 9.59 Å². The molecule has 1 aromatic heterocycles. The monoisotopic (exact) mass is 367 g/mol. The van der Waals surface area contributed by atoms with E-state index in [9.17, 15) is 9.59 Å². The first-order valence-electron chi connectivity index (χ1n) is 9.75. The lowest BCUT2D eigenvalue weighted by Gasteiger charge is -2.17. The van der Waals surface area contributed by atoms with E-state index in [1.807, 2.05) is 13.0 Å². The van der Waals surface area contributed by atoms with Crippen molar-refractivity contribution in [3.63, 3.8) is 0 Å². The molecule has 0 saturated carbocycles. The molecule has 1 amide bonds. The second-order valence-corrected chi connectivity index (χ2v) is 7.40. The van der Waals surface area contributed by atoms with Crippen LogP contribution in [0.4, 0.5) is 0 Å². The van der Waals surface area contributed by atoms with Crippen LogP contribution in [0, 0.1) is 13.8 Å². The molecule has 1 aliphatic heterocycles. The van der Waals surface area contributed by atoms with Gasteiger partial charge < -0.3 is 14.8 Å². The number of hydrogen-bond acceptors (Lipinski definition) is 3. The summed E-state index contributed by atoms with van der Waals surface area (Å²) in [6.07, 6.45) is 1.51. The zero-order valence-electron chi connectivity index (χ0n) is 16.3. The highest BCUT2D eigenvalue weighted by Gasteiger charge is 2.24. The number of hydrogen-bond donors (Lipinski definition) is 1. The summed E-state index contributed by atoms with van der Waals surface area (Å²) in [5.74, 6) is 0.592. The first kappa shape index (κ1) is 19.4. The van der Waals surface area contributed by atoms with Gasteiger partial charge >= 0.3 is 0 Å². The Bertz CT molecular complexity index is 843. The van der Waals surface area contributed by atoms with Crippen molar-refractivity contribution in [2.75, 3.05) is 26.2 Å². The minimum absolute atomic E-state index is 0.000182. The summed E-state index contributed by atoms with van der Waals surface area (Å²) in [5.41, 5.74) is 3.65. The predicted molar refractivity (Wildman–Crippen MR) is 108 cm³/mol. The Balaban J connectivity index is 1.39. The number of likely N-dealkylation sites (tertiary alicyclic amines) is 1. The zero-order chi connectivity index (χ0) is 19.2. The summed E-state index contributed by atoms with van der Waals surface area (Å²) in [4.78, 5) is 26.4. The van der Waals surface area contributed by atoms with Gasteiger partial charge in [0.25, 0.3) is 5.56 Å². The van der Waals surface area contributed by atoms with Crippen LogP contribution < -0.4 is 10.9 Å². The third-order valence-corrected chi connectivity index (χ3v) is 5.48. The summed E-state index contributed by atoms with van der Waals surface area (Å²) >= 11 is 0. The van der Waals surface area contributed by atoms with E-state index >= 15 is 0 Å². The van der Waals surface area contributed by atoms with Gasteiger partial charge in [-0.05, 0) is 49.9 Å². The van der Waals surface area contributed by atoms with Crippen molar-refractivity contribution in [3.8, 4) is 0 Å². The van der Waals surface area contributed by atoms with Gasteiger partial charge in [0.15, 0.2) is 0 Å². The summed E-state index contributed by atoms with van der Waals surface area (Å²) in [7, 11) is 0. The Morgan fingerprint density at radius 2 is 1.93 bits per heavy atom. The third-order valence-electron chi connectivity index (χ3n) is 5.48. The lowest BCUT2D eigenvalue weighted by Crippen LogP contribution is -2.34. The maximum absolute atomic E-state index is 12.1. The fraction of sp³-hybridized carbons (Fsp3) is 0.455. The molecule has 1 fully saturated rings. The summed E-state index contributed by atoms with van der Waals surface area (Å²) < 4.78 is 1.65. The number of nitrogens with zero attached hydrogens (tertiary/aromatic N) is 2. The van der Waals surface area contributed by atoms with E-state index in [2.05, 4.69) is 41.4 Å². The molecule has 5 nitrogen and oxygen atoms in total. The molecule has 1 atom stereocenters. The van der Waals surface area contributed by atoms with Crippen LogP contribution in [0.3, 0.4) is 0 Å². The largest absolute Gasteiger partial charge is 0.355 e. The number of nitrogens with one attached hydrogen (secondary N) is 1. The second-order valence-electron chi connectivity index (χ2n) is 7.40. The molecule has 0 unspecified atom stereocenters. The minimum atomic E-state index is -0.0536. The van der Waals surface area contributed by atoms with E-state index in [1.165, 1.54) is 23.6 Å². The summed E-state index contributed by atoms with van der Waals surface area (Å²) in [6.45, 7) is 8.15. The number of pyridine rings is 1. The summed E-state index contributed by atoms with van der Waals surface area (Å²) in [5, 5.41) is 2.99. The van der Waals surface area contributed by atoms with Crippen molar-refractivity contribution in [1.82, 2.24) is 14.8 Å². The van der Waals surface area contributed by atoms with Gasteiger partial charge in [0.2, 0.25) is 5.91 Å². The molecule has 1 aliphatic rings. The van der Waals surface area contributed by atoms with Crippen molar-refractivity contribution < 1.29 is 4.79 Å². The van der Waals surface area contributed by atoms with Gasteiger partial charge in [-0.2, -0.15) is 0 Å². The molecule has 5 heteroatoms. The number of aromatic nitrogens is 1. The molecule has 2 aromatic rings. The molecular weight excluding hydrogens is 338 g/mol. The van der Waals surface area contributed by atoms with Gasteiger partial charge in [-0.25, -0.2) is 0 Å². The molecule has 0 bridgehead atoms. The maximum atomic E-state index is 12.1. The van der Waals surface area contributed by atoms with Crippen molar-refractivity contribution in [2.45, 2.75) is 39.2 Å². The Labute approximate surface area is 161 Å². The van der Waals surface area contributed by atoms with E-state index < -0.39 is 0 Å². The quantitative estimate of drug-likeness (QED) is 0.818. The van der Waals surface area contributed by atoms with Crippen LogP contribution >= 0.6 is 0 Å². The third kappa shape index (κ3) is 5.07. The van der Waals surface area contributed by atoms with Crippen LogP contribution in [-0.2, 0) is 11.3 Å². The Morgan fingerprint density at radius 3 is 2.70 bits per heavy atom. The van der Waals surface area contributed by atoms with E-state index in [-0.39, 0.29) is 11.5 Å². The molecule has 2 heterocycles. The van der Waals surface area contributed by atoms with Gasteiger partial charge in [0.05, 0.1) is 0 Å². The standard InChI is InChI=1S/C22H29N3O2/c1-17-6-3-4-8-20(17)19-10-13-24(16-19)15-12-23-21(26)11-14-25-18(2)7-5-9-22(25)27/h3-9,19H,10-16H2,1-2H3,(H,23,26)/t19-/m1/s1. The summed E-state index contributed by atoms with van der Waals surface area (Å²) in [6, 6.07) is 13.8. The number of rotatable bonds is 7. The number of carbonyl (C=O) groups excluding carboxylic acids is 1. The van der Waals surface area contributed by atoms with Crippen LogP contribution in [0.5, 0.6) is 0 Å². The van der Waals surface area contributed by atoms with Crippen LogP contribution in [0.2, 0.25) is 0 Å². The molecule has 0 radical (unpaired) electrons. The Kier molecular flexibility index (Phi) is 6.45. The van der Waals surface area contributed by atoms with Crippen LogP contribution in [0.1, 0.15) is 35.6 Å². The predicted octanol–water partition coefficient (Wildman–Crippen LogP) is 2.46. The first-order valence-corrected chi connectivity index (χ1v) is 9.75. The van der Waals surface area contributed by atoms with Crippen molar-refractivity contribution >= 4 is 5.91 Å². The van der Waals surface area contributed by atoms with Gasteiger partial charge in [0, 0.05) is 44.4 Å². The van der Waals surface area contributed by atoms with Crippen molar-refractivity contribution in [2.24, 2.45) is 0 Å². The molecule has 0 aliphatic carbocycles. The first-order chi connectivity index (χ1) is 13.0. The molecule has 3 rings (SSSR count). The highest BCUT2D eigenvalue weighted by atomic mass is 16.1. The lowest BCUT2D eigenvalue weighted by atomic mass is 9.94. The number of amides is 1. The molecule has 1 N–H and O–H groups in total. The van der Waals surface area contributed by atoms with Gasteiger partial charge in [-0.1, -0.05) is 30.3 Å². The number of benzene rings is 1. The maximum Gasteiger partial charge on any atom is 0.250 e. The Hall–Kier alpha value is -2.40. The van der Waals surface area contributed by atoms with Crippen LogP contribution in [-0.4, -0.2) is 41.6 Å². The normalized spacial score (nSPS) is 17.2. The second kappa shape index (κ2) is 9.00. The molecule has 1 aromatic carbocycles. The van der Waals surface area contributed by atoms with Gasteiger partial charge in [0.1, 0.15) is 0 Å². The SMILES string of the molecule is Cc1ccccc1[C@@H]1CCN(CCNC(=O)CCn2c(C)cccc2=O)C1. The highest BCUT2D eigenvalue weighted by molar-refractivity contribution is 5.75. The average molecular weight is 367 g/mol. The molecule has 27 heavy (non-hydrogen) atoms. The van der Waals surface area contributed by atoms with E-state index in [4.69, 9.17) is 0 Å². The van der Waals surface area contributed by atoms with Crippen LogP contribution in [0.25, 0.3) is 0 Å². The fourth-order valence-corrected chi connectivity index (χ4v) is 3.90. The lowest BCUT2D eigenvalue weighted by molar-refractivity contribution is -0.121.